The number of thioether (sulfide) groups is 1. The van der Waals surface area contributed by atoms with Crippen LogP contribution in [0.2, 0.25) is 0 Å². The van der Waals surface area contributed by atoms with Crippen LogP contribution in [0.5, 0.6) is 0 Å². The van der Waals surface area contributed by atoms with E-state index in [1.807, 2.05) is 11.8 Å². The molecule has 0 saturated heterocycles. The standard InChI is InChI=1S/C4H10S.CH4S/c1-3-4-5-2;1-2/h3-4H2,1-2H3;2H,1H3. The summed E-state index contributed by atoms with van der Waals surface area (Å²) < 4.78 is 0. The van der Waals surface area contributed by atoms with Crippen molar-refractivity contribution in [3.8, 4) is 0 Å². The van der Waals surface area contributed by atoms with E-state index in [4.69, 9.17) is 0 Å². The van der Waals surface area contributed by atoms with Crippen molar-refractivity contribution in [1.29, 1.82) is 0 Å². The van der Waals surface area contributed by atoms with Gasteiger partial charge in [0.05, 0.1) is 0 Å². The van der Waals surface area contributed by atoms with E-state index in [2.05, 4.69) is 25.8 Å². The predicted octanol–water partition coefficient (Wildman–Crippen LogP) is 2.31. The molecule has 0 aliphatic rings. The van der Waals surface area contributed by atoms with E-state index >= 15 is 0 Å². The highest BCUT2D eigenvalue weighted by atomic mass is 32.2. The van der Waals surface area contributed by atoms with Gasteiger partial charge in [-0.2, -0.15) is 24.4 Å². The minimum Gasteiger partial charge on any atom is -0.183 e. The lowest BCUT2D eigenvalue weighted by Gasteiger charge is -1.80. The second-order valence-electron chi connectivity index (χ2n) is 0.993. The molecule has 0 bridgehead atoms. The normalized spacial score (nSPS) is 6.86. The lowest BCUT2D eigenvalue weighted by molar-refractivity contribution is 1.11. The van der Waals surface area contributed by atoms with Crippen molar-refractivity contribution in [2.75, 3.05) is 18.3 Å². The summed E-state index contributed by atoms with van der Waals surface area (Å²) in [6, 6.07) is 0. The number of rotatable bonds is 2. The van der Waals surface area contributed by atoms with Crippen LogP contribution in [0.3, 0.4) is 0 Å². The van der Waals surface area contributed by atoms with Gasteiger partial charge in [-0.05, 0) is 24.7 Å². The van der Waals surface area contributed by atoms with Gasteiger partial charge in [0.2, 0.25) is 0 Å². The lowest BCUT2D eigenvalue weighted by atomic mass is 10.6. The molecular weight excluding hydrogens is 124 g/mol. The quantitative estimate of drug-likeness (QED) is 0.571. The maximum Gasteiger partial charge on any atom is -0.00729 e. The second-order valence-corrected chi connectivity index (χ2v) is 1.98. The van der Waals surface area contributed by atoms with Gasteiger partial charge in [-0.1, -0.05) is 6.92 Å². The zero-order valence-electron chi connectivity index (χ0n) is 5.27. The molecule has 0 nitrogen and oxygen atoms in total. The van der Waals surface area contributed by atoms with Crippen molar-refractivity contribution >= 4 is 24.4 Å². The summed E-state index contributed by atoms with van der Waals surface area (Å²) in [4.78, 5) is 0. The van der Waals surface area contributed by atoms with Crippen LogP contribution in [-0.2, 0) is 0 Å². The molecule has 0 radical (unpaired) electrons. The number of thiol groups is 1. The van der Waals surface area contributed by atoms with E-state index in [0.717, 1.165) is 0 Å². The number of hydrogen-bond donors (Lipinski definition) is 1. The Bertz CT molecular complexity index is 13.6. The molecule has 0 heterocycles. The Kier molecular flexibility index (Phi) is 24.2. The Morgan fingerprint density at radius 1 is 1.43 bits per heavy atom. The Balaban J connectivity index is 0. The zero-order chi connectivity index (χ0) is 6.12. The Labute approximate surface area is 56.5 Å². The fourth-order valence-electron chi connectivity index (χ4n) is 0.204. The van der Waals surface area contributed by atoms with Gasteiger partial charge in [0.25, 0.3) is 0 Å². The second kappa shape index (κ2) is 15.9. The summed E-state index contributed by atoms with van der Waals surface area (Å²) in [5.41, 5.74) is 0. The fourth-order valence-corrected chi connectivity index (χ4v) is 0.612. The van der Waals surface area contributed by atoms with E-state index in [1.165, 1.54) is 12.2 Å². The molecule has 0 amide bonds. The zero-order valence-corrected chi connectivity index (χ0v) is 6.98. The van der Waals surface area contributed by atoms with Gasteiger partial charge in [-0.25, -0.2) is 0 Å². The highest BCUT2D eigenvalue weighted by Gasteiger charge is 1.67. The lowest BCUT2D eigenvalue weighted by Crippen LogP contribution is -1.64. The molecule has 0 aromatic heterocycles. The summed E-state index contributed by atoms with van der Waals surface area (Å²) in [5, 5.41) is 0. The van der Waals surface area contributed by atoms with Gasteiger partial charge in [0, 0.05) is 0 Å². The van der Waals surface area contributed by atoms with Crippen molar-refractivity contribution in [1.82, 2.24) is 0 Å². The summed E-state index contributed by atoms with van der Waals surface area (Å²) in [6.45, 7) is 2.19. The van der Waals surface area contributed by atoms with Crippen molar-refractivity contribution in [2.24, 2.45) is 0 Å². The predicted molar refractivity (Wildman–Crippen MR) is 43.6 cm³/mol. The Morgan fingerprint density at radius 2 is 1.86 bits per heavy atom. The molecule has 2 heteroatoms. The molecule has 0 fully saturated rings. The first-order valence-corrected chi connectivity index (χ1v) is 4.64. The first kappa shape index (κ1) is 10.6. The molecular formula is C5H14S2. The van der Waals surface area contributed by atoms with Gasteiger partial charge in [0.15, 0.2) is 0 Å². The van der Waals surface area contributed by atoms with Crippen molar-refractivity contribution < 1.29 is 0 Å². The highest BCUT2D eigenvalue weighted by molar-refractivity contribution is 7.98. The largest absolute Gasteiger partial charge is 0.183 e. The summed E-state index contributed by atoms with van der Waals surface area (Å²) >= 11 is 5.43. The number of hydrogen-bond acceptors (Lipinski definition) is 2. The molecule has 0 unspecified atom stereocenters. The SMILES string of the molecule is CCCSC.CS. The molecule has 0 spiro atoms. The van der Waals surface area contributed by atoms with Crippen LogP contribution >= 0.6 is 24.4 Å². The van der Waals surface area contributed by atoms with Crippen LogP contribution in [0.15, 0.2) is 0 Å². The van der Waals surface area contributed by atoms with Crippen molar-refractivity contribution in [3.63, 3.8) is 0 Å². The molecule has 0 N–H and O–H groups in total. The highest BCUT2D eigenvalue weighted by Crippen LogP contribution is 1.91. The third kappa shape index (κ3) is 20.3. The maximum atomic E-state index is 3.53. The van der Waals surface area contributed by atoms with E-state index in [9.17, 15) is 0 Å². The molecule has 0 atom stereocenters. The molecule has 0 aliphatic heterocycles. The van der Waals surface area contributed by atoms with Gasteiger partial charge >= 0.3 is 0 Å². The van der Waals surface area contributed by atoms with Crippen molar-refractivity contribution in [2.45, 2.75) is 13.3 Å². The molecule has 7 heavy (non-hydrogen) atoms. The van der Waals surface area contributed by atoms with E-state index in [-0.39, 0.29) is 0 Å². The molecule has 0 aromatic carbocycles. The first-order chi connectivity index (χ1) is 3.41. The molecule has 0 aromatic rings. The minimum atomic E-state index is 1.31. The Morgan fingerprint density at radius 3 is 1.86 bits per heavy atom. The average Bonchev–Trinajstić information content (AvgIpc) is 1.75. The summed E-state index contributed by atoms with van der Waals surface area (Å²) in [7, 11) is 0. The van der Waals surface area contributed by atoms with Crippen LogP contribution in [0.4, 0.5) is 0 Å². The Hall–Kier alpha value is 0.700. The van der Waals surface area contributed by atoms with Gasteiger partial charge in [-0.15, -0.1) is 0 Å². The monoisotopic (exact) mass is 138 g/mol. The summed E-state index contributed by atoms with van der Waals surface area (Å²) in [6.07, 6.45) is 5.13. The van der Waals surface area contributed by atoms with Crippen LogP contribution in [-0.4, -0.2) is 18.3 Å². The molecule has 0 rings (SSSR count). The third-order valence-corrected chi connectivity index (χ3v) is 1.22. The smallest absolute Gasteiger partial charge is 0.00729 e. The van der Waals surface area contributed by atoms with Gasteiger partial charge < -0.3 is 0 Å². The third-order valence-electron chi connectivity index (χ3n) is 0.408. The molecule has 0 aliphatic carbocycles. The van der Waals surface area contributed by atoms with Crippen LogP contribution in [0.1, 0.15) is 13.3 Å². The van der Waals surface area contributed by atoms with Crippen LogP contribution in [0, 0.1) is 0 Å². The minimum absolute atomic E-state index is 1.31. The fraction of sp³-hybridized carbons (Fsp3) is 1.00. The van der Waals surface area contributed by atoms with Crippen LogP contribution < -0.4 is 0 Å². The van der Waals surface area contributed by atoms with E-state index < -0.39 is 0 Å². The topological polar surface area (TPSA) is 0 Å². The molecule has 0 saturated carbocycles. The van der Waals surface area contributed by atoms with Gasteiger partial charge in [0.1, 0.15) is 0 Å². The van der Waals surface area contributed by atoms with Crippen LogP contribution in [0.25, 0.3) is 0 Å². The maximum absolute atomic E-state index is 3.53. The summed E-state index contributed by atoms with van der Waals surface area (Å²) in [5.74, 6) is 1.31. The first-order valence-electron chi connectivity index (χ1n) is 2.35. The van der Waals surface area contributed by atoms with Gasteiger partial charge in [-0.3, -0.25) is 0 Å². The average molecular weight is 138 g/mol. The van der Waals surface area contributed by atoms with E-state index in [0.29, 0.717) is 0 Å². The molecule has 46 valence electrons. The van der Waals surface area contributed by atoms with Crippen molar-refractivity contribution in [3.05, 3.63) is 0 Å². The van der Waals surface area contributed by atoms with E-state index in [1.54, 1.807) is 6.26 Å².